The van der Waals surface area contributed by atoms with E-state index in [2.05, 4.69) is 4.98 Å². The van der Waals surface area contributed by atoms with E-state index in [0.29, 0.717) is 31.8 Å². The molecule has 2 aromatic heterocycles. The average molecular weight is 382 g/mol. The molecule has 9 nitrogen and oxygen atoms in total. The number of para-hydroxylation sites is 2. The molecule has 3 heterocycles. The molecule has 144 valence electrons. The van der Waals surface area contributed by atoms with E-state index < -0.39 is 10.5 Å². The van der Waals surface area contributed by atoms with Gasteiger partial charge in [-0.1, -0.05) is 12.1 Å². The maximum Gasteiger partial charge on any atom is 0.285 e. The van der Waals surface area contributed by atoms with Crippen molar-refractivity contribution in [3.63, 3.8) is 0 Å². The predicted molar refractivity (Wildman–Crippen MR) is 99.9 cm³/mol. The molecule has 1 aliphatic rings. The number of aromatic nitrogens is 2. The first kappa shape index (κ1) is 17.9. The zero-order valence-corrected chi connectivity index (χ0v) is 15.0. The number of nitrogens with zero attached hydrogens (tertiary/aromatic N) is 4. The van der Waals surface area contributed by atoms with Crippen molar-refractivity contribution in [2.24, 2.45) is 0 Å². The number of nitro groups is 1. The monoisotopic (exact) mass is 382 g/mol. The average Bonchev–Trinajstić information content (AvgIpc) is 3.14. The SMILES string of the molecule is O=C(Cn1cc([N+](=O)[O-])ccc1=O)N1CCC(c2nc3ccccc3o2)CC1. The number of fused-ring (bicyclic) bond motifs is 1. The number of carbonyl (C=O) groups excluding carboxylic acids is 1. The van der Waals surface area contributed by atoms with Crippen molar-refractivity contribution < 1.29 is 14.1 Å². The van der Waals surface area contributed by atoms with Crippen LogP contribution >= 0.6 is 0 Å². The summed E-state index contributed by atoms with van der Waals surface area (Å²) in [6.07, 6.45) is 2.52. The van der Waals surface area contributed by atoms with E-state index in [0.717, 1.165) is 34.0 Å². The highest BCUT2D eigenvalue weighted by atomic mass is 16.6. The number of piperidine rings is 1. The first-order chi connectivity index (χ1) is 13.5. The molecule has 0 bridgehead atoms. The van der Waals surface area contributed by atoms with Crippen LogP contribution in [0, 0.1) is 10.1 Å². The van der Waals surface area contributed by atoms with Gasteiger partial charge in [-0.2, -0.15) is 0 Å². The van der Waals surface area contributed by atoms with Gasteiger partial charge in [-0.25, -0.2) is 4.98 Å². The molecule has 0 atom stereocenters. The molecule has 0 N–H and O–H groups in total. The second kappa shape index (κ2) is 7.26. The second-order valence-electron chi connectivity index (χ2n) is 6.79. The van der Waals surface area contributed by atoms with Crippen LogP contribution < -0.4 is 5.56 Å². The fraction of sp³-hybridized carbons (Fsp3) is 0.316. The van der Waals surface area contributed by atoms with E-state index in [1.54, 1.807) is 4.90 Å². The van der Waals surface area contributed by atoms with Gasteiger partial charge in [0, 0.05) is 31.1 Å². The summed E-state index contributed by atoms with van der Waals surface area (Å²) >= 11 is 0. The summed E-state index contributed by atoms with van der Waals surface area (Å²) in [4.78, 5) is 40.9. The van der Waals surface area contributed by atoms with Crippen LogP contribution in [0.5, 0.6) is 0 Å². The van der Waals surface area contributed by atoms with Crippen molar-refractivity contribution in [1.82, 2.24) is 14.5 Å². The lowest BCUT2D eigenvalue weighted by Crippen LogP contribution is -2.41. The number of rotatable bonds is 4. The molecule has 1 fully saturated rings. The number of hydrogen-bond acceptors (Lipinski definition) is 6. The fourth-order valence-corrected chi connectivity index (χ4v) is 3.44. The van der Waals surface area contributed by atoms with Gasteiger partial charge in [0.25, 0.3) is 11.2 Å². The third-order valence-corrected chi connectivity index (χ3v) is 4.99. The third-order valence-electron chi connectivity index (χ3n) is 4.99. The van der Waals surface area contributed by atoms with Crippen molar-refractivity contribution in [2.75, 3.05) is 13.1 Å². The number of carbonyl (C=O) groups is 1. The first-order valence-corrected chi connectivity index (χ1v) is 8.99. The maximum absolute atomic E-state index is 12.5. The van der Waals surface area contributed by atoms with Crippen molar-refractivity contribution >= 4 is 22.7 Å². The molecule has 0 unspecified atom stereocenters. The lowest BCUT2D eigenvalue weighted by atomic mass is 9.97. The van der Waals surface area contributed by atoms with Gasteiger partial charge < -0.3 is 9.32 Å². The molecule has 9 heteroatoms. The maximum atomic E-state index is 12.5. The van der Waals surface area contributed by atoms with E-state index in [4.69, 9.17) is 4.42 Å². The van der Waals surface area contributed by atoms with E-state index >= 15 is 0 Å². The lowest BCUT2D eigenvalue weighted by molar-refractivity contribution is -0.385. The quantitative estimate of drug-likeness (QED) is 0.506. The smallest absolute Gasteiger partial charge is 0.285 e. The molecule has 3 aromatic rings. The molecule has 28 heavy (non-hydrogen) atoms. The van der Waals surface area contributed by atoms with Crippen LogP contribution in [-0.2, 0) is 11.3 Å². The van der Waals surface area contributed by atoms with Crippen LogP contribution in [0.4, 0.5) is 5.69 Å². The van der Waals surface area contributed by atoms with Crippen molar-refractivity contribution in [3.8, 4) is 0 Å². The first-order valence-electron chi connectivity index (χ1n) is 8.99. The second-order valence-corrected chi connectivity index (χ2v) is 6.79. The fourth-order valence-electron chi connectivity index (χ4n) is 3.44. The molecule has 0 aliphatic carbocycles. The van der Waals surface area contributed by atoms with Crippen LogP contribution in [-0.4, -0.2) is 38.4 Å². The van der Waals surface area contributed by atoms with Crippen molar-refractivity contribution in [3.05, 3.63) is 69.0 Å². The number of pyridine rings is 1. The van der Waals surface area contributed by atoms with Crippen LogP contribution in [0.15, 0.2) is 51.8 Å². The minimum Gasteiger partial charge on any atom is -0.440 e. The summed E-state index contributed by atoms with van der Waals surface area (Å²) < 4.78 is 6.90. The van der Waals surface area contributed by atoms with E-state index in [9.17, 15) is 19.7 Å². The Balaban J connectivity index is 1.41. The Labute approximate surface area is 159 Å². The summed E-state index contributed by atoms with van der Waals surface area (Å²) in [6.45, 7) is 0.825. The van der Waals surface area contributed by atoms with Crippen LogP contribution in [0.1, 0.15) is 24.7 Å². The Kier molecular flexibility index (Phi) is 4.64. The molecule has 1 aliphatic heterocycles. The topological polar surface area (TPSA) is 111 Å². The van der Waals surface area contributed by atoms with Gasteiger partial charge in [-0.05, 0) is 25.0 Å². The Bertz CT molecular complexity index is 1060. The van der Waals surface area contributed by atoms with Gasteiger partial charge >= 0.3 is 0 Å². The minimum absolute atomic E-state index is 0.136. The molecule has 1 amide bonds. The largest absolute Gasteiger partial charge is 0.440 e. The Morgan fingerprint density at radius 1 is 1.21 bits per heavy atom. The van der Waals surface area contributed by atoms with E-state index in [1.807, 2.05) is 24.3 Å². The number of amides is 1. The highest BCUT2D eigenvalue weighted by Crippen LogP contribution is 2.30. The highest BCUT2D eigenvalue weighted by Gasteiger charge is 2.27. The number of oxazole rings is 1. The van der Waals surface area contributed by atoms with E-state index in [-0.39, 0.29) is 24.1 Å². The predicted octanol–water partition coefficient (Wildman–Crippen LogP) is 2.30. The normalized spacial score (nSPS) is 15.1. The minimum atomic E-state index is -0.591. The standard InChI is InChI=1S/C19H18N4O5/c24-17-6-5-14(23(26)27)11-22(17)12-18(25)21-9-7-13(8-10-21)19-20-15-3-1-2-4-16(15)28-19/h1-6,11,13H,7-10,12H2. The van der Waals surface area contributed by atoms with Gasteiger partial charge in [0.15, 0.2) is 11.5 Å². The zero-order valence-electron chi connectivity index (χ0n) is 15.0. The van der Waals surface area contributed by atoms with Gasteiger partial charge in [-0.15, -0.1) is 0 Å². The summed E-state index contributed by atoms with van der Waals surface area (Å²) in [5.74, 6) is 0.582. The van der Waals surface area contributed by atoms with Crippen LogP contribution in [0.3, 0.4) is 0 Å². The molecule has 0 spiro atoms. The lowest BCUT2D eigenvalue weighted by Gasteiger charge is -2.30. The Morgan fingerprint density at radius 2 is 1.96 bits per heavy atom. The Hall–Kier alpha value is -3.49. The van der Waals surface area contributed by atoms with Crippen LogP contribution in [0.2, 0.25) is 0 Å². The van der Waals surface area contributed by atoms with Crippen molar-refractivity contribution in [2.45, 2.75) is 25.3 Å². The zero-order chi connectivity index (χ0) is 19.7. The number of likely N-dealkylation sites (tertiary alicyclic amines) is 1. The van der Waals surface area contributed by atoms with Gasteiger partial charge in [0.2, 0.25) is 5.91 Å². The number of hydrogen-bond donors (Lipinski definition) is 0. The molecule has 1 saturated heterocycles. The summed E-state index contributed by atoms with van der Waals surface area (Å²) in [5.41, 5.74) is 0.907. The van der Waals surface area contributed by atoms with Gasteiger partial charge in [0.05, 0.1) is 11.1 Å². The molecular formula is C19H18N4O5. The molecule has 0 saturated carbocycles. The number of benzene rings is 1. The van der Waals surface area contributed by atoms with Gasteiger partial charge in [-0.3, -0.25) is 24.3 Å². The highest BCUT2D eigenvalue weighted by molar-refractivity contribution is 5.76. The summed E-state index contributed by atoms with van der Waals surface area (Å²) in [7, 11) is 0. The molecule has 1 aromatic carbocycles. The summed E-state index contributed by atoms with van der Waals surface area (Å²) in [6, 6.07) is 9.82. The summed E-state index contributed by atoms with van der Waals surface area (Å²) in [5, 5.41) is 10.9. The Morgan fingerprint density at radius 3 is 2.68 bits per heavy atom. The van der Waals surface area contributed by atoms with Crippen molar-refractivity contribution in [1.29, 1.82) is 0 Å². The third kappa shape index (κ3) is 3.51. The molecular weight excluding hydrogens is 364 g/mol. The van der Waals surface area contributed by atoms with Crippen LogP contribution in [0.25, 0.3) is 11.1 Å². The van der Waals surface area contributed by atoms with E-state index in [1.165, 1.54) is 0 Å². The molecule has 0 radical (unpaired) electrons. The van der Waals surface area contributed by atoms with Gasteiger partial charge in [0.1, 0.15) is 12.1 Å². The molecule has 4 rings (SSSR count).